The molecule has 6 N–H and O–H groups in total. The molecule has 2 atom stereocenters. The first-order valence-corrected chi connectivity index (χ1v) is 15.5. The lowest BCUT2D eigenvalue weighted by Crippen LogP contribution is -2.64. The Hall–Kier alpha value is 0.234. The first kappa shape index (κ1) is 19.3. The van der Waals surface area contributed by atoms with Crippen LogP contribution in [0.25, 0.3) is 0 Å². The van der Waals surface area contributed by atoms with Crippen LogP contribution in [0.15, 0.2) is 0 Å². The molecule has 1 rings (SSSR count). The highest BCUT2D eigenvalue weighted by Gasteiger charge is 2.48. The molecule has 1 saturated heterocycles. The number of hydrogen-bond donors (Lipinski definition) is 4. The zero-order chi connectivity index (χ0) is 15.9. The molecule has 0 aromatic heterocycles. The van der Waals surface area contributed by atoms with Crippen molar-refractivity contribution in [3.05, 3.63) is 0 Å². The Labute approximate surface area is 132 Å². The smallest absolute Gasteiger partial charge is 0.174 e. The number of nitrogens with one attached hydrogen (secondary N) is 2. The fourth-order valence-electron chi connectivity index (χ4n) is 2.86. The van der Waals surface area contributed by atoms with Crippen molar-refractivity contribution in [3.8, 4) is 0 Å². The van der Waals surface area contributed by atoms with Crippen molar-refractivity contribution in [3.63, 3.8) is 0 Å². The standard InChI is InChI=1S/C14H36N4OSi2/c1-20(2)12-6-14(19-21(20,3)4)13(18-11-8-16)5-9-17-10-7-15/h13-14,17-18H,5-12,15-16H2,1-4H3. The highest BCUT2D eigenvalue weighted by atomic mass is 29.3. The summed E-state index contributed by atoms with van der Waals surface area (Å²) in [6.45, 7) is 13.9. The highest BCUT2D eigenvalue weighted by molar-refractivity contribution is 7.38. The van der Waals surface area contributed by atoms with Gasteiger partial charge in [0, 0.05) is 32.2 Å². The molecule has 7 heteroatoms. The summed E-state index contributed by atoms with van der Waals surface area (Å²) in [5.74, 6) is 0. The topological polar surface area (TPSA) is 85.3 Å². The van der Waals surface area contributed by atoms with Crippen molar-refractivity contribution in [2.45, 2.75) is 57.2 Å². The molecule has 0 aliphatic carbocycles. The molecule has 0 bridgehead atoms. The summed E-state index contributed by atoms with van der Waals surface area (Å²) in [6, 6.07) is 1.81. The molecular weight excluding hydrogens is 296 g/mol. The Kier molecular flexibility index (Phi) is 8.04. The van der Waals surface area contributed by atoms with Gasteiger partial charge in [-0.1, -0.05) is 19.1 Å². The molecule has 0 aromatic rings. The van der Waals surface area contributed by atoms with E-state index in [9.17, 15) is 0 Å². The Morgan fingerprint density at radius 3 is 2.33 bits per heavy atom. The lowest BCUT2D eigenvalue weighted by atomic mass is 10.1. The predicted octanol–water partition coefficient (Wildman–Crippen LogP) is 0.623. The van der Waals surface area contributed by atoms with Crippen LogP contribution in [0.4, 0.5) is 0 Å². The molecule has 21 heavy (non-hydrogen) atoms. The van der Waals surface area contributed by atoms with E-state index in [1.807, 2.05) is 0 Å². The van der Waals surface area contributed by atoms with Crippen molar-refractivity contribution in [2.24, 2.45) is 11.5 Å². The summed E-state index contributed by atoms with van der Waals surface area (Å²) in [4.78, 5) is 0. The van der Waals surface area contributed by atoms with Gasteiger partial charge in [-0.2, -0.15) is 0 Å². The van der Waals surface area contributed by atoms with Gasteiger partial charge >= 0.3 is 0 Å². The van der Waals surface area contributed by atoms with Crippen molar-refractivity contribution in [1.29, 1.82) is 0 Å². The summed E-state index contributed by atoms with van der Waals surface area (Å²) in [6.07, 6.45) is 2.64. The van der Waals surface area contributed by atoms with Crippen LogP contribution in [0.3, 0.4) is 0 Å². The number of rotatable bonds is 9. The van der Waals surface area contributed by atoms with Crippen LogP contribution < -0.4 is 22.1 Å². The highest BCUT2D eigenvalue weighted by Crippen LogP contribution is 2.34. The maximum absolute atomic E-state index is 6.65. The average Bonchev–Trinajstić information content (AvgIpc) is 2.41. The van der Waals surface area contributed by atoms with Crippen LogP contribution in [0.2, 0.25) is 32.2 Å². The summed E-state index contributed by atoms with van der Waals surface area (Å²) in [5, 5.41) is 6.98. The third kappa shape index (κ3) is 5.74. The molecule has 5 nitrogen and oxygen atoms in total. The first-order valence-electron chi connectivity index (χ1n) is 8.36. The minimum absolute atomic E-state index is 0.360. The summed E-state index contributed by atoms with van der Waals surface area (Å²) in [5.41, 5.74) is 11.2. The molecule has 0 radical (unpaired) electrons. The maximum Gasteiger partial charge on any atom is 0.174 e. The van der Waals surface area contributed by atoms with Gasteiger partial charge in [0.1, 0.15) is 0 Å². The van der Waals surface area contributed by atoms with Gasteiger partial charge in [-0.3, -0.25) is 0 Å². The van der Waals surface area contributed by atoms with Crippen LogP contribution in [0.5, 0.6) is 0 Å². The van der Waals surface area contributed by atoms with Crippen LogP contribution in [0.1, 0.15) is 12.8 Å². The van der Waals surface area contributed by atoms with Crippen LogP contribution >= 0.6 is 0 Å². The molecule has 0 amide bonds. The van der Waals surface area contributed by atoms with Gasteiger partial charge in [0.15, 0.2) is 7.83 Å². The van der Waals surface area contributed by atoms with E-state index in [-0.39, 0.29) is 0 Å². The summed E-state index contributed by atoms with van der Waals surface area (Å²) < 4.78 is 6.65. The second-order valence-electron chi connectivity index (χ2n) is 7.27. The third-order valence-electron chi connectivity index (χ3n) is 5.08. The Morgan fingerprint density at radius 1 is 1.10 bits per heavy atom. The normalized spacial score (nSPS) is 25.7. The van der Waals surface area contributed by atoms with Gasteiger partial charge in [-0.05, 0) is 32.5 Å². The molecule has 126 valence electrons. The van der Waals surface area contributed by atoms with Crippen LogP contribution in [-0.4, -0.2) is 60.3 Å². The fraction of sp³-hybridized carbons (Fsp3) is 1.00. The Morgan fingerprint density at radius 2 is 1.76 bits per heavy atom. The quantitative estimate of drug-likeness (QED) is 0.367. The lowest BCUT2D eigenvalue weighted by Gasteiger charge is -2.48. The fourth-order valence-corrected chi connectivity index (χ4v) is 9.47. The SMILES string of the molecule is C[Si]1(C)CCC(C(CCNCCN)NCCN)O[Si]1(C)C. The lowest BCUT2D eigenvalue weighted by molar-refractivity contribution is 0.133. The van der Waals surface area contributed by atoms with Gasteiger partial charge in [0.05, 0.1) is 13.7 Å². The van der Waals surface area contributed by atoms with E-state index in [0.717, 1.165) is 26.1 Å². The zero-order valence-electron chi connectivity index (χ0n) is 14.4. The largest absolute Gasteiger partial charge is 0.416 e. The molecule has 1 heterocycles. The number of nitrogens with two attached hydrogens (primary N) is 2. The van der Waals surface area contributed by atoms with Gasteiger partial charge in [-0.25, -0.2) is 0 Å². The third-order valence-corrected chi connectivity index (χ3v) is 21.7. The van der Waals surface area contributed by atoms with E-state index in [2.05, 4.69) is 36.8 Å². The summed E-state index contributed by atoms with van der Waals surface area (Å²) in [7, 11) is -2.66. The monoisotopic (exact) mass is 332 g/mol. The molecule has 1 aliphatic heterocycles. The summed E-state index contributed by atoms with van der Waals surface area (Å²) >= 11 is 0. The Balaban J connectivity index is 2.57. The van der Waals surface area contributed by atoms with Crippen molar-refractivity contribution < 1.29 is 4.43 Å². The second kappa shape index (κ2) is 8.76. The van der Waals surface area contributed by atoms with Crippen LogP contribution in [0, 0.1) is 0 Å². The van der Waals surface area contributed by atoms with Gasteiger partial charge < -0.3 is 26.5 Å². The number of hydrogen-bond acceptors (Lipinski definition) is 5. The molecule has 0 saturated carbocycles. The van der Waals surface area contributed by atoms with E-state index in [1.165, 1.54) is 12.5 Å². The molecule has 2 unspecified atom stereocenters. The van der Waals surface area contributed by atoms with E-state index < -0.39 is 15.4 Å². The molecule has 0 aromatic carbocycles. The van der Waals surface area contributed by atoms with E-state index in [0.29, 0.717) is 25.2 Å². The van der Waals surface area contributed by atoms with Crippen molar-refractivity contribution in [1.82, 2.24) is 10.6 Å². The predicted molar refractivity (Wildman–Crippen MR) is 96.6 cm³/mol. The van der Waals surface area contributed by atoms with Crippen LogP contribution in [-0.2, 0) is 4.43 Å². The molecule has 1 fully saturated rings. The maximum atomic E-state index is 6.65. The zero-order valence-corrected chi connectivity index (χ0v) is 16.4. The van der Waals surface area contributed by atoms with Crippen molar-refractivity contribution in [2.75, 3.05) is 32.7 Å². The molecular formula is C14H36N4OSi2. The first-order chi connectivity index (χ1) is 9.84. The van der Waals surface area contributed by atoms with Gasteiger partial charge in [0.25, 0.3) is 0 Å². The van der Waals surface area contributed by atoms with E-state index in [1.54, 1.807) is 0 Å². The minimum atomic E-state index is -1.51. The van der Waals surface area contributed by atoms with Crippen molar-refractivity contribution >= 4 is 15.4 Å². The minimum Gasteiger partial charge on any atom is -0.416 e. The van der Waals surface area contributed by atoms with E-state index >= 15 is 0 Å². The Bertz CT molecular complexity index is 303. The molecule has 0 spiro atoms. The average molecular weight is 333 g/mol. The van der Waals surface area contributed by atoms with Gasteiger partial charge in [0.2, 0.25) is 0 Å². The van der Waals surface area contributed by atoms with E-state index in [4.69, 9.17) is 15.9 Å². The second-order valence-corrected chi connectivity index (χ2v) is 22.5. The molecule has 1 aliphatic rings. The van der Waals surface area contributed by atoms with Gasteiger partial charge in [-0.15, -0.1) is 0 Å².